The first kappa shape index (κ1) is 18.9. The van der Waals surface area contributed by atoms with Crippen LogP contribution in [0.2, 0.25) is 0 Å². The highest BCUT2D eigenvalue weighted by molar-refractivity contribution is 9.11. The Morgan fingerprint density at radius 1 is 1.38 bits per heavy atom. The molecule has 1 aromatic heterocycles. The lowest BCUT2D eigenvalue weighted by atomic mass is 10.2. The molecule has 0 saturated carbocycles. The fourth-order valence-corrected chi connectivity index (χ4v) is 3.77. The zero-order valence-corrected chi connectivity index (χ0v) is 16.0. The molecule has 0 spiro atoms. The summed E-state index contributed by atoms with van der Waals surface area (Å²) in [7, 11) is 3.29. The molecule has 0 radical (unpaired) electrons. The van der Waals surface area contributed by atoms with Crippen molar-refractivity contribution in [2.45, 2.75) is 12.6 Å². The van der Waals surface area contributed by atoms with Crippen LogP contribution in [0.3, 0.4) is 0 Å². The monoisotopic (exact) mass is 413 g/mol. The molecule has 1 N–H and O–H groups in total. The molecule has 0 aliphatic carbocycles. The summed E-state index contributed by atoms with van der Waals surface area (Å²) in [5.41, 5.74) is 0.421. The number of halogens is 1. The van der Waals surface area contributed by atoms with Crippen molar-refractivity contribution in [3.8, 4) is 5.75 Å². The Hall–Kier alpha value is -1.41. The lowest BCUT2D eigenvalue weighted by molar-refractivity contribution is 0.0599. The fourth-order valence-electron chi connectivity index (χ4n) is 2.20. The van der Waals surface area contributed by atoms with E-state index in [9.17, 15) is 9.90 Å². The molecule has 0 aliphatic heterocycles. The number of benzene rings is 1. The van der Waals surface area contributed by atoms with Gasteiger partial charge in [-0.2, -0.15) is 0 Å². The Balaban J connectivity index is 1.80. The number of nitrogens with zero attached hydrogens (tertiary/aromatic N) is 1. The number of esters is 1. The van der Waals surface area contributed by atoms with Crippen molar-refractivity contribution in [1.82, 2.24) is 4.90 Å². The molecule has 130 valence electrons. The van der Waals surface area contributed by atoms with Crippen molar-refractivity contribution in [3.63, 3.8) is 0 Å². The number of hydrogen-bond donors (Lipinski definition) is 1. The second-order valence-corrected chi connectivity index (χ2v) is 7.93. The molecule has 0 amide bonds. The van der Waals surface area contributed by atoms with Crippen LogP contribution in [0, 0.1) is 0 Å². The highest BCUT2D eigenvalue weighted by Gasteiger charge is 2.12. The molecular formula is C17H20BrNO4S. The smallest absolute Gasteiger partial charge is 0.337 e. The minimum Gasteiger partial charge on any atom is -0.491 e. The van der Waals surface area contributed by atoms with E-state index < -0.39 is 12.1 Å². The number of ether oxygens (including phenoxy) is 2. The summed E-state index contributed by atoms with van der Waals surface area (Å²) in [5, 5.41) is 10.1. The molecular weight excluding hydrogens is 394 g/mol. The van der Waals surface area contributed by atoms with Crippen LogP contribution >= 0.6 is 27.3 Å². The number of aliphatic hydroxyl groups excluding tert-OH is 1. The standard InChI is InChI=1S/C17H20BrNO4S/c1-19(10-15-6-7-16(18)24-15)9-13(20)11-23-14-5-3-4-12(8-14)17(21)22-2/h3-8,13,20H,9-11H2,1-2H3. The van der Waals surface area contributed by atoms with E-state index in [2.05, 4.69) is 26.7 Å². The van der Waals surface area contributed by atoms with Gasteiger partial charge in [0.2, 0.25) is 0 Å². The van der Waals surface area contributed by atoms with Crippen LogP contribution in [0.25, 0.3) is 0 Å². The maximum Gasteiger partial charge on any atom is 0.337 e. The van der Waals surface area contributed by atoms with Crippen LogP contribution < -0.4 is 4.74 Å². The topological polar surface area (TPSA) is 59.0 Å². The quantitative estimate of drug-likeness (QED) is 0.673. The predicted octanol–water partition coefficient (Wildman–Crippen LogP) is 3.17. The van der Waals surface area contributed by atoms with E-state index in [1.807, 2.05) is 18.0 Å². The highest BCUT2D eigenvalue weighted by atomic mass is 79.9. The summed E-state index contributed by atoms with van der Waals surface area (Å²) in [6.45, 7) is 1.42. The van der Waals surface area contributed by atoms with Crippen LogP contribution in [0.4, 0.5) is 0 Å². The number of carbonyl (C=O) groups excluding carboxylic acids is 1. The van der Waals surface area contributed by atoms with Gasteiger partial charge in [0.1, 0.15) is 18.5 Å². The number of carbonyl (C=O) groups is 1. The van der Waals surface area contributed by atoms with Gasteiger partial charge in [-0.3, -0.25) is 4.90 Å². The van der Waals surface area contributed by atoms with Crippen LogP contribution in [0.5, 0.6) is 5.75 Å². The molecule has 1 atom stereocenters. The van der Waals surface area contributed by atoms with Crippen LogP contribution in [-0.2, 0) is 11.3 Å². The van der Waals surface area contributed by atoms with Crippen molar-refractivity contribution in [2.75, 3.05) is 27.3 Å². The summed E-state index contributed by atoms with van der Waals surface area (Å²) < 4.78 is 11.3. The van der Waals surface area contributed by atoms with E-state index in [4.69, 9.17) is 4.74 Å². The minimum atomic E-state index is -0.625. The van der Waals surface area contributed by atoms with E-state index in [1.54, 1.807) is 35.6 Å². The van der Waals surface area contributed by atoms with Gasteiger partial charge in [-0.05, 0) is 53.3 Å². The second kappa shape index (κ2) is 9.17. The molecule has 0 aliphatic rings. The fraction of sp³-hybridized carbons (Fsp3) is 0.353. The van der Waals surface area contributed by atoms with Crippen LogP contribution in [-0.4, -0.2) is 49.4 Å². The molecule has 2 rings (SSSR count). The highest BCUT2D eigenvalue weighted by Crippen LogP contribution is 2.23. The number of aliphatic hydroxyl groups is 1. The number of hydrogen-bond acceptors (Lipinski definition) is 6. The Labute approximate surface area is 153 Å². The minimum absolute atomic E-state index is 0.156. The van der Waals surface area contributed by atoms with Gasteiger partial charge in [-0.25, -0.2) is 4.79 Å². The van der Waals surface area contributed by atoms with Crippen molar-refractivity contribution < 1.29 is 19.4 Å². The second-order valence-electron chi connectivity index (χ2n) is 5.39. The van der Waals surface area contributed by atoms with Gasteiger partial charge in [-0.1, -0.05) is 6.07 Å². The van der Waals surface area contributed by atoms with Gasteiger partial charge < -0.3 is 14.6 Å². The average molecular weight is 414 g/mol. The molecule has 2 aromatic rings. The van der Waals surface area contributed by atoms with Crippen LogP contribution in [0.15, 0.2) is 40.2 Å². The number of rotatable bonds is 8. The first-order chi connectivity index (χ1) is 11.5. The lowest BCUT2D eigenvalue weighted by Crippen LogP contribution is -2.32. The Morgan fingerprint density at radius 2 is 2.17 bits per heavy atom. The van der Waals surface area contributed by atoms with Crippen LogP contribution in [0.1, 0.15) is 15.2 Å². The van der Waals surface area contributed by atoms with Gasteiger partial charge in [0.15, 0.2) is 0 Å². The predicted molar refractivity (Wildman–Crippen MR) is 97.6 cm³/mol. The average Bonchev–Trinajstić information content (AvgIpc) is 2.97. The maximum atomic E-state index is 11.5. The molecule has 1 aromatic carbocycles. The number of thiophene rings is 1. The largest absolute Gasteiger partial charge is 0.491 e. The van der Waals surface area contributed by atoms with Crippen molar-refractivity contribution in [3.05, 3.63) is 50.6 Å². The third-order valence-electron chi connectivity index (χ3n) is 3.27. The molecule has 1 heterocycles. The molecule has 0 saturated heterocycles. The SMILES string of the molecule is COC(=O)c1cccc(OCC(O)CN(C)Cc2ccc(Br)s2)c1. The van der Waals surface area contributed by atoms with Gasteiger partial charge in [0, 0.05) is 18.0 Å². The Kier molecular flexibility index (Phi) is 7.23. The lowest BCUT2D eigenvalue weighted by Gasteiger charge is -2.20. The van der Waals surface area contributed by atoms with Gasteiger partial charge in [-0.15, -0.1) is 11.3 Å². The zero-order chi connectivity index (χ0) is 17.5. The summed E-state index contributed by atoms with van der Waals surface area (Å²) in [4.78, 5) is 14.8. The van der Waals surface area contributed by atoms with Crippen molar-refractivity contribution in [1.29, 1.82) is 0 Å². The first-order valence-corrected chi connectivity index (χ1v) is 9.01. The van der Waals surface area contributed by atoms with E-state index in [1.165, 1.54) is 12.0 Å². The summed E-state index contributed by atoms with van der Waals surface area (Å²) in [5.74, 6) is 0.115. The normalized spacial score (nSPS) is 12.2. The van der Waals surface area contributed by atoms with E-state index in [0.717, 1.165) is 10.3 Å². The molecule has 1 unspecified atom stereocenters. The zero-order valence-electron chi connectivity index (χ0n) is 13.6. The van der Waals surface area contributed by atoms with E-state index in [-0.39, 0.29) is 6.61 Å². The first-order valence-electron chi connectivity index (χ1n) is 7.40. The molecule has 7 heteroatoms. The van der Waals surface area contributed by atoms with Gasteiger partial charge >= 0.3 is 5.97 Å². The summed E-state index contributed by atoms with van der Waals surface area (Å²) in [6.07, 6.45) is -0.625. The van der Waals surface area contributed by atoms with E-state index in [0.29, 0.717) is 17.9 Å². The third-order valence-corrected chi connectivity index (χ3v) is 4.88. The molecule has 0 fully saturated rings. The maximum absolute atomic E-state index is 11.5. The summed E-state index contributed by atoms with van der Waals surface area (Å²) in [6, 6.07) is 10.8. The summed E-state index contributed by atoms with van der Waals surface area (Å²) >= 11 is 5.12. The van der Waals surface area contributed by atoms with Crippen molar-refractivity contribution >= 4 is 33.2 Å². The number of methoxy groups -OCH3 is 1. The van der Waals surface area contributed by atoms with Gasteiger partial charge in [0.05, 0.1) is 16.5 Å². The van der Waals surface area contributed by atoms with E-state index >= 15 is 0 Å². The Morgan fingerprint density at radius 3 is 2.83 bits per heavy atom. The van der Waals surface area contributed by atoms with Crippen molar-refractivity contribution in [2.24, 2.45) is 0 Å². The molecule has 24 heavy (non-hydrogen) atoms. The number of likely N-dealkylation sites (N-methyl/N-ethyl adjacent to an activating group) is 1. The van der Waals surface area contributed by atoms with Gasteiger partial charge in [0.25, 0.3) is 0 Å². The molecule has 5 nitrogen and oxygen atoms in total. The third kappa shape index (κ3) is 5.90. The molecule has 0 bridgehead atoms. The Bertz CT molecular complexity index is 676.